The fourth-order valence-electron chi connectivity index (χ4n) is 4.03. The highest BCUT2D eigenvalue weighted by molar-refractivity contribution is 5.92. The van der Waals surface area contributed by atoms with Gasteiger partial charge in [0.2, 0.25) is 0 Å². The number of carbonyl (C=O) groups is 1. The van der Waals surface area contributed by atoms with Crippen molar-refractivity contribution in [2.24, 2.45) is 11.3 Å². The second-order valence-electron chi connectivity index (χ2n) is 5.51. The highest BCUT2D eigenvalue weighted by Crippen LogP contribution is 2.66. The first-order chi connectivity index (χ1) is 7.17. The molecule has 0 aromatic heterocycles. The van der Waals surface area contributed by atoms with Gasteiger partial charge >= 0.3 is 0 Å². The minimum absolute atomic E-state index is 0.0637. The maximum Gasteiger partial charge on any atom is 0.141 e. The molecule has 3 aliphatic rings. The van der Waals surface area contributed by atoms with E-state index in [9.17, 15) is 4.79 Å². The number of nitrogens with one attached hydrogen (secondary N) is 1. The van der Waals surface area contributed by atoms with E-state index in [4.69, 9.17) is 4.74 Å². The third-order valence-electron chi connectivity index (χ3n) is 5.08. The van der Waals surface area contributed by atoms with Gasteiger partial charge in [-0.1, -0.05) is 0 Å². The third kappa shape index (κ3) is 1.06. The fourth-order valence-corrected chi connectivity index (χ4v) is 4.03. The van der Waals surface area contributed by atoms with E-state index in [1.54, 1.807) is 7.11 Å². The molecule has 1 spiro atoms. The molecular weight excluding hydrogens is 190 g/mol. The minimum Gasteiger partial charge on any atom is -0.381 e. The van der Waals surface area contributed by atoms with Crippen LogP contribution in [0.5, 0.6) is 0 Å². The first-order valence-electron chi connectivity index (χ1n) is 5.92. The molecule has 0 aromatic rings. The SMILES string of the molecule is CN[C@@]12CC(=O)C3(CC3)[C@@H]1C[C@H](OC)C2. The lowest BCUT2D eigenvalue weighted by Crippen LogP contribution is -2.44. The molecule has 3 aliphatic carbocycles. The fraction of sp³-hybridized carbons (Fsp3) is 0.917. The summed E-state index contributed by atoms with van der Waals surface area (Å²) in [7, 11) is 3.79. The molecule has 0 bridgehead atoms. The van der Waals surface area contributed by atoms with Gasteiger partial charge in [-0.2, -0.15) is 0 Å². The number of methoxy groups -OCH3 is 1. The maximum atomic E-state index is 12.1. The molecule has 15 heavy (non-hydrogen) atoms. The van der Waals surface area contributed by atoms with Crippen LogP contribution in [0.3, 0.4) is 0 Å². The molecule has 0 heterocycles. The first kappa shape index (κ1) is 9.79. The molecule has 3 nitrogen and oxygen atoms in total. The smallest absolute Gasteiger partial charge is 0.141 e. The van der Waals surface area contributed by atoms with Crippen molar-refractivity contribution >= 4 is 5.78 Å². The minimum atomic E-state index is 0.0637. The topological polar surface area (TPSA) is 38.3 Å². The Morgan fingerprint density at radius 2 is 2.20 bits per heavy atom. The number of hydrogen-bond donors (Lipinski definition) is 1. The molecule has 3 saturated carbocycles. The van der Waals surface area contributed by atoms with Crippen molar-refractivity contribution in [1.82, 2.24) is 5.32 Å². The van der Waals surface area contributed by atoms with Crippen molar-refractivity contribution in [3.63, 3.8) is 0 Å². The summed E-state index contributed by atoms with van der Waals surface area (Å²) in [5.41, 5.74) is 0.130. The van der Waals surface area contributed by atoms with Crippen molar-refractivity contribution < 1.29 is 9.53 Å². The zero-order chi connectivity index (χ0) is 10.7. The summed E-state index contributed by atoms with van der Waals surface area (Å²) in [5.74, 6) is 1.05. The quantitative estimate of drug-likeness (QED) is 0.740. The van der Waals surface area contributed by atoms with Crippen molar-refractivity contribution in [3.05, 3.63) is 0 Å². The number of carbonyl (C=O) groups excluding carboxylic acids is 1. The average molecular weight is 209 g/mol. The van der Waals surface area contributed by atoms with Gasteiger partial charge in [0.15, 0.2) is 0 Å². The molecule has 0 unspecified atom stereocenters. The van der Waals surface area contributed by atoms with Gasteiger partial charge in [-0.3, -0.25) is 4.79 Å². The zero-order valence-corrected chi connectivity index (χ0v) is 9.51. The summed E-state index contributed by atoms with van der Waals surface area (Å²) in [6.45, 7) is 0. The lowest BCUT2D eigenvalue weighted by molar-refractivity contribution is -0.122. The number of Topliss-reactive ketones (excluding diaryl/α,β-unsaturated/α-hetero) is 1. The van der Waals surface area contributed by atoms with Crippen LogP contribution >= 0.6 is 0 Å². The van der Waals surface area contributed by atoms with Gasteiger partial charge in [0.1, 0.15) is 5.78 Å². The van der Waals surface area contributed by atoms with Gasteiger partial charge in [0.05, 0.1) is 6.10 Å². The molecule has 3 atom stereocenters. The van der Waals surface area contributed by atoms with Gasteiger partial charge in [0.25, 0.3) is 0 Å². The number of ketones is 1. The van der Waals surface area contributed by atoms with Crippen molar-refractivity contribution in [2.75, 3.05) is 14.2 Å². The molecule has 3 fully saturated rings. The van der Waals surface area contributed by atoms with E-state index in [2.05, 4.69) is 5.32 Å². The molecule has 3 rings (SSSR count). The van der Waals surface area contributed by atoms with Gasteiger partial charge < -0.3 is 10.1 Å². The molecular formula is C12H19NO2. The Labute approximate surface area is 90.6 Å². The Morgan fingerprint density at radius 1 is 1.47 bits per heavy atom. The number of rotatable bonds is 2. The predicted molar refractivity (Wildman–Crippen MR) is 56.6 cm³/mol. The summed E-state index contributed by atoms with van der Waals surface area (Å²) < 4.78 is 5.48. The summed E-state index contributed by atoms with van der Waals surface area (Å²) in [6, 6.07) is 0. The molecule has 0 aliphatic heterocycles. The zero-order valence-electron chi connectivity index (χ0n) is 9.51. The molecule has 0 aromatic carbocycles. The van der Waals surface area contributed by atoms with Crippen LogP contribution in [0.25, 0.3) is 0 Å². The van der Waals surface area contributed by atoms with Crippen LogP contribution < -0.4 is 5.32 Å². The van der Waals surface area contributed by atoms with E-state index in [-0.39, 0.29) is 11.0 Å². The normalized spacial score (nSPS) is 46.1. The van der Waals surface area contributed by atoms with E-state index in [0.29, 0.717) is 17.8 Å². The average Bonchev–Trinajstić information content (AvgIpc) is 2.91. The van der Waals surface area contributed by atoms with Crippen molar-refractivity contribution in [1.29, 1.82) is 0 Å². The van der Waals surface area contributed by atoms with Crippen LogP contribution in [0.1, 0.15) is 32.1 Å². The van der Waals surface area contributed by atoms with E-state index in [1.807, 2.05) is 7.05 Å². The van der Waals surface area contributed by atoms with Gasteiger partial charge in [-0.25, -0.2) is 0 Å². The van der Waals surface area contributed by atoms with Crippen molar-refractivity contribution in [3.8, 4) is 0 Å². The van der Waals surface area contributed by atoms with E-state index in [1.165, 1.54) is 0 Å². The largest absolute Gasteiger partial charge is 0.381 e. The molecule has 0 radical (unpaired) electrons. The van der Waals surface area contributed by atoms with Gasteiger partial charge in [0, 0.05) is 24.5 Å². The van der Waals surface area contributed by atoms with E-state index >= 15 is 0 Å². The molecule has 0 amide bonds. The molecule has 1 N–H and O–H groups in total. The second-order valence-corrected chi connectivity index (χ2v) is 5.51. The van der Waals surface area contributed by atoms with E-state index < -0.39 is 0 Å². The standard InChI is InChI=1S/C12H19NO2/c1-13-12-6-8(15-2)5-9(12)11(3-4-11)10(14)7-12/h8-9,13H,3-7H2,1-2H3/t8-,9-,12-/m0/s1. The molecule has 3 heteroatoms. The summed E-state index contributed by atoms with van der Waals surface area (Å²) >= 11 is 0. The van der Waals surface area contributed by atoms with Gasteiger partial charge in [-0.05, 0) is 38.6 Å². The van der Waals surface area contributed by atoms with Crippen LogP contribution in [0.4, 0.5) is 0 Å². The Hall–Kier alpha value is -0.410. The Balaban J connectivity index is 1.94. The van der Waals surface area contributed by atoms with Crippen LogP contribution in [0.2, 0.25) is 0 Å². The highest BCUT2D eigenvalue weighted by atomic mass is 16.5. The monoisotopic (exact) mass is 209 g/mol. The lowest BCUT2D eigenvalue weighted by atomic mass is 9.84. The lowest BCUT2D eigenvalue weighted by Gasteiger charge is -2.29. The van der Waals surface area contributed by atoms with Crippen LogP contribution in [0.15, 0.2) is 0 Å². The second kappa shape index (κ2) is 2.83. The number of ether oxygens (including phenoxy) is 1. The predicted octanol–water partition coefficient (Wildman–Crippen LogP) is 1.12. The van der Waals surface area contributed by atoms with Crippen molar-refractivity contribution in [2.45, 2.75) is 43.7 Å². The summed E-state index contributed by atoms with van der Waals surface area (Å²) in [6.07, 6.45) is 5.41. The third-order valence-corrected chi connectivity index (χ3v) is 5.08. The van der Waals surface area contributed by atoms with E-state index in [0.717, 1.165) is 32.1 Å². The first-order valence-corrected chi connectivity index (χ1v) is 5.92. The van der Waals surface area contributed by atoms with Crippen LogP contribution in [-0.4, -0.2) is 31.6 Å². The Kier molecular flexibility index (Phi) is 1.85. The van der Waals surface area contributed by atoms with Gasteiger partial charge in [-0.15, -0.1) is 0 Å². The molecule has 84 valence electrons. The number of fused-ring (bicyclic) bond motifs is 2. The van der Waals surface area contributed by atoms with Crippen LogP contribution in [-0.2, 0) is 9.53 Å². The maximum absolute atomic E-state index is 12.1. The molecule has 0 saturated heterocycles. The highest BCUT2D eigenvalue weighted by Gasteiger charge is 2.69. The Morgan fingerprint density at radius 3 is 2.73 bits per heavy atom. The summed E-state index contributed by atoms with van der Waals surface area (Å²) in [4.78, 5) is 12.1. The summed E-state index contributed by atoms with van der Waals surface area (Å²) in [5, 5.41) is 3.43. The Bertz CT molecular complexity index is 311. The number of hydrogen-bond acceptors (Lipinski definition) is 3. The van der Waals surface area contributed by atoms with Crippen LogP contribution in [0, 0.1) is 11.3 Å².